The van der Waals surface area contributed by atoms with E-state index in [1.54, 1.807) is 0 Å². The molecule has 8 heavy (non-hydrogen) atoms. The van der Waals surface area contributed by atoms with Crippen LogP contribution in [0.3, 0.4) is 0 Å². The number of aliphatic hydroxyl groups is 1. The lowest BCUT2D eigenvalue weighted by Gasteiger charge is -1.95. The fourth-order valence-corrected chi connectivity index (χ4v) is 0.371. The smallest absolute Gasteiger partial charge is 0.0872 e. The molecular formula is C6H13O2+. The average molecular weight is 117 g/mol. The third-order valence-corrected chi connectivity index (χ3v) is 0.774. The molecule has 0 aliphatic carbocycles. The Kier molecular flexibility index (Phi) is 6.61. The van der Waals surface area contributed by atoms with Crippen LogP contribution in [0.25, 0.3) is 0 Å². The summed E-state index contributed by atoms with van der Waals surface area (Å²) in [7, 11) is 0. The molecule has 0 spiro atoms. The van der Waals surface area contributed by atoms with Crippen LogP contribution in [0.4, 0.5) is 0 Å². The topological polar surface area (TPSA) is 29.5 Å². The van der Waals surface area contributed by atoms with E-state index in [1.165, 1.54) is 0 Å². The van der Waals surface area contributed by atoms with E-state index in [4.69, 9.17) is 9.84 Å². The second-order valence-electron chi connectivity index (χ2n) is 1.54. The van der Waals surface area contributed by atoms with E-state index in [-0.39, 0.29) is 6.61 Å². The van der Waals surface area contributed by atoms with Gasteiger partial charge in [-0.3, -0.25) is 0 Å². The maximum absolute atomic E-state index is 8.22. The second-order valence-corrected chi connectivity index (χ2v) is 1.54. The van der Waals surface area contributed by atoms with Gasteiger partial charge in [0.2, 0.25) is 0 Å². The van der Waals surface area contributed by atoms with Crippen LogP contribution in [0.5, 0.6) is 0 Å². The van der Waals surface area contributed by atoms with E-state index in [1.807, 2.05) is 0 Å². The number of aliphatic hydroxyl groups excluding tert-OH is 1. The molecule has 0 fully saturated rings. The van der Waals surface area contributed by atoms with Crippen molar-refractivity contribution in [3.05, 3.63) is 6.92 Å². The van der Waals surface area contributed by atoms with E-state index < -0.39 is 0 Å². The van der Waals surface area contributed by atoms with Gasteiger partial charge >= 0.3 is 0 Å². The molecular weight excluding hydrogens is 104 g/mol. The highest BCUT2D eigenvalue weighted by Crippen LogP contribution is 1.85. The van der Waals surface area contributed by atoms with Crippen molar-refractivity contribution in [3.8, 4) is 0 Å². The van der Waals surface area contributed by atoms with Crippen LogP contribution in [-0.4, -0.2) is 24.9 Å². The van der Waals surface area contributed by atoms with Crippen molar-refractivity contribution in [1.82, 2.24) is 0 Å². The Morgan fingerprint density at radius 2 is 2.12 bits per heavy atom. The molecule has 0 bridgehead atoms. The Balaban J connectivity index is 2.53. The largest absolute Gasteiger partial charge is 0.394 e. The maximum atomic E-state index is 8.22. The Morgan fingerprint density at radius 1 is 1.38 bits per heavy atom. The third-order valence-electron chi connectivity index (χ3n) is 0.774. The molecule has 0 rings (SSSR count). The van der Waals surface area contributed by atoms with Gasteiger partial charge in [-0.2, -0.15) is 0 Å². The first-order valence-electron chi connectivity index (χ1n) is 2.89. The highest BCUT2D eigenvalue weighted by molar-refractivity contribution is 4.38. The number of unbranched alkanes of at least 4 members (excludes halogenated alkanes) is 1. The van der Waals surface area contributed by atoms with Crippen LogP contribution in [0.1, 0.15) is 12.8 Å². The van der Waals surface area contributed by atoms with Gasteiger partial charge in [-0.1, -0.05) is 0 Å². The minimum Gasteiger partial charge on any atom is -0.394 e. The normalized spacial score (nSPS) is 9.62. The summed E-state index contributed by atoms with van der Waals surface area (Å²) in [5, 5.41) is 8.22. The lowest BCUT2D eigenvalue weighted by molar-refractivity contribution is 0.0911. The number of hydrogen-bond donors (Lipinski definition) is 1. The van der Waals surface area contributed by atoms with Crippen molar-refractivity contribution in [2.24, 2.45) is 0 Å². The van der Waals surface area contributed by atoms with Crippen LogP contribution in [0.15, 0.2) is 0 Å². The molecule has 0 heterocycles. The minimum atomic E-state index is 0.122. The van der Waals surface area contributed by atoms with Crippen molar-refractivity contribution in [1.29, 1.82) is 0 Å². The van der Waals surface area contributed by atoms with Crippen LogP contribution < -0.4 is 0 Å². The van der Waals surface area contributed by atoms with Crippen LogP contribution in [-0.2, 0) is 4.74 Å². The molecule has 0 atom stereocenters. The van der Waals surface area contributed by atoms with Gasteiger partial charge in [-0.25, -0.2) is 0 Å². The molecule has 0 amide bonds. The summed E-state index contributed by atoms with van der Waals surface area (Å²) in [6.07, 6.45) is 1.89. The highest BCUT2D eigenvalue weighted by atomic mass is 16.5. The molecule has 0 aliphatic rings. The molecule has 0 aromatic heterocycles. The first-order valence-corrected chi connectivity index (χ1v) is 2.89. The fourth-order valence-electron chi connectivity index (χ4n) is 0.371. The van der Waals surface area contributed by atoms with Gasteiger partial charge in [0.25, 0.3) is 0 Å². The van der Waals surface area contributed by atoms with Gasteiger partial charge in [-0.05, 0) is 0 Å². The zero-order valence-corrected chi connectivity index (χ0v) is 5.10. The van der Waals surface area contributed by atoms with Gasteiger partial charge in [0.15, 0.2) is 0 Å². The van der Waals surface area contributed by atoms with E-state index >= 15 is 0 Å². The molecule has 2 heteroatoms. The molecule has 2 nitrogen and oxygen atoms in total. The van der Waals surface area contributed by atoms with Crippen LogP contribution in [0, 0.1) is 6.92 Å². The third kappa shape index (κ3) is 5.79. The Labute approximate surface area is 50.5 Å². The van der Waals surface area contributed by atoms with Gasteiger partial charge < -0.3 is 9.84 Å². The van der Waals surface area contributed by atoms with E-state index in [0.29, 0.717) is 6.61 Å². The van der Waals surface area contributed by atoms with E-state index in [0.717, 1.165) is 19.4 Å². The van der Waals surface area contributed by atoms with E-state index in [2.05, 4.69) is 6.92 Å². The SMILES string of the molecule is [CH2+]CCCOCCO. The summed E-state index contributed by atoms with van der Waals surface area (Å²) in [4.78, 5) is 0. The molecule has 0 aromatic carbocycles. The molecule has 0 saturated carbocycles. The predicted octanol–water partition coefficient (Wildman–Crippen LogP) is 0.610. The van der Waals surface area contributed by atoms with Crippen LogP contribution in [0.2, 0.25) is 0 Å². The number of rotatable bonds is 5. The lowest BCUT2D eigenvalue weighted by Crippen LogP contribution is -1.99. The predicted molar refractivity (Wildman–Crippen MR) is 32.5 cm³/mol. The van der Waals surface area contributed by atoms with Crippen molar-refractivity contribution >= 4 is 0 Å². The zero-order chi connectivity index (χ0) is 6.24. The minimum absolute atomic E-state index is 0.122. The first-order chi connectivity index (χ1) is 3.91. The van der Waals surface area contributed by atoms with Gasteiger partial charge in [0.05, 0.1) is 33.2 Å². The van der Waals surface area contributed by atoms with Crippen molar-refractivity contribution in [2.75, 3.05) is 19.8 Å². The molecule has 0 aromatic rings. The Morgan fingerprint density at radius 3 is 2.62 bits per heavy atom. The maximum Gasteiger partial charge on any atom is 0.0872 e. The van der Waals surface area contributed by atoms with Crippen LogP contribution >= 0.6 is 0 Å². The van der Waals surface area contributed by atoms with Crippen molar-refractivity contribution in [3.63, 3.8) is 0 Å². The lowest BCUT2D eigenvalue weighted by atomic mass is 10.4. The fraction of sp³-hybridized carbons (Fsp3) is 0.833. The summed E-state index contributed by atoms with van der Waals surface area (Å²) in [6.45, 7) is 4.95. The standard InChI is InChI=1S/C6H13O2/c1-2-3-5-8-6-4-7/h7H,1-6H2/q+1. The second kappa shape index (κ2) is 6.79. The number of ether oxygens (including phenoxy) is 1. The quantitative estimate of drug-likeness (QED) is 0.422. The summed E-state index contributed by atoms with van der Waals surface area (Å²) in [5.74, 6) is 0. The van der Waals surface area contributed by atoms with Gasteiger partial charge in [0.1, 0.15) is 0 Å². The summed E-state index contributed by atoms with van der Waals surface area (Å²) >= 11 is 0. The molecule has 0 unspecified atom stereocenters. The zero-order valence-electron chi connectivity index (χ0n) is 5.10. The summed E-state index contributed by atoms with van der Waals surface area (Å²) in [5.41, 5.74) is 0. The first kappa shape index (κ1) is 7.79. The Hall–Kier alpha value is -0.210. The summed E-state index contributed by atoms with van der Waals surface area (Å²) < 4.78 is 4.93. The highest BCUT2D eigenvalue weighted by Gasteiger charge is 1.85. The monoisotopic (exact) mass is 117 g/mol. The molecule has 0 radical (unpaired) electrons. The molecule has 0 aliphatic heterocycles. The Bertz CT molecular complexity index is 31.5. The molecule has 48 valence electrons. The average Bonchev–Trinajstić information content (AvgIpc) is 1.81. The molecule has 1 N–H and O–H groups in total. The van der Waals surface area contributed by atoms with Gasteiger partial charge in [-0.15, -0.1) is 0 Å². The molecule has 0 saturated heterocycles. The number of hydrogen-bond acceptors (Lipinski definition) is 2. The summed E-state index contributed by atoms with van der Waals surface area (Å²) in [6, 6.07) is 0. The van der Waals surface area contributed by atoms with Gasteiger partial charge in [0, 0.05) is 6.42 Å². The van der Waals surface area contributed by atoms with Crippen molar-refractivity contribution < 1.29 is 9.84 Å². The van der Waals surface area contributed by atoms with Crippen molar-refractivity contribution in [2.45, 2.75) is 12.8 Å². The van der Waals surface area contributed by atoms with E-state index in [9.17, 15) is 0 Å².